The van der Waals surface area contributed by atoms with Crippen LogP contribution in [-0.4, -0.2) is 49.8 Å². The van der Waals surface area contributed by atoms with Gasteiger partial charge in [0.25, 0.3) is 10.2 Å². The summed E-state index contributed by atoms with van der Waals surface area (Å²) in [5.74, 6) is 0.427. The van der Waals surface area contributed by atoms with Gasteiger partial charge in [-0.15, -0.1) is 12.4 Å². The standard InChI is InChI=1S/C15H22ClN3O2S.ClH/c1-12-6-8-18(11-12)22(20,21)19-9-7-17-10-15(19)13-4-2-3-5-14(13)16;/h2-5,12,15,17H,6-11H2,1H3;1H. The van der Waals surface area contributed by atoms with Crippen LogP contribution in [0.4, 0.5) is 0 Å². The molecule has 2 aliphatic heterocycles. The first-order chi connectivity index (χ1) is 10.5. The number of rotatable bonds is 3. The van der Waals surface area contributed by atoms with Crippen LogP contribution in [-0.2, 0) is 10.2 Å². The lowest BCUT2D eigenvalue weighted by atomic mass is 10.1. The Morgan fingerprint density at radius 3 is 2.65 bits per heavy atom. The highest BCUT2D eigenvalue weighted by atomic mass is 35.5. The molecular weight excluding hydrogens is 357 g/mol. The molecule has 0 radical (unpaired) electrons. The summed E-state index contributed by atoms with van der Waals surface area (Å²) in [6.07, 6.45) is 0.933. The Morgan fingerprint density at radius 1 is 1.26 bits per heavy atom. The summed E-state index contributed by atoms with van der Waals surface area (Å²) < 4.78 is 29.3. The lowest BCUT2D eigenvalue weighted by molar-refractivity contribution is 0.252. The van der Waals surface area contributed by atoms with Crippen LogP contribution >= 0.6 is 24.0 Å². The minimum atomic E-state index is -3.44. The number of nitrogens with zero attached hydrogens (tertiary/aromatic N) is 2. The molecule has 23 heavy (non-hydrogen) atoms. The van der Waals surface area contributed by atoms with Crippen LogP contribution in [0.15, 0.2) is 24.3 Å². The third-order valence-electron chi connectivity index (χ3n) is 4.47. The Morgan fingerprint density at radius 2 is 2.00 bits per heavy atom. The highest BCUT2D eigenvalue weighted by Gasteiger charge is 2.40. The second-order valence-corrected chi connectivity index (χ2v) is 8.40. The zero-order valence-electron chi connectivity index (χ0n) is 13.1. The van der Waals surface area contributed by atoms with E-state index in [1.165, 1.54) is 0 Å². The Hall–Kier alpha value is -0.370. The highest BCUT2D eigenvalue weighted by Crippen LogP contribution is 2.32. The average Bonchev–Trinajstić information content (AvgIpc) is 2.95. The fraction of sp³-hybridized carbons (Fsp3) is 0.600. The first-order valence-electron chi connectivity index (χ1n) is 7.72. The molecule has 2 atom stereocenters. The van der Waals surface area contributed by atoms with Gasteiger partial charge in [-0.2, -0.15) is 17.0 Å². The molecule has 8 heteroatoms. The van der Waals surface area contributed by atoms with Crippen LogP contribution in [0, 0.1) is 5.92 Å². The zero-order valence-corrected chi connectivity index (χ0v) is 15.5. The quantitative estimate of drug-likeness (QED) is 0.876. The van der Waals surface area contributed by atoms with Gasteiger partial charge in [0.2, 0.25) is 0 Å². The summed E-state index contributed by atoms with van der Waals surface area (Å²) in [6, 6.07) is 7.24. The maximum atomic E-state index is 13.0. The molecule has 2 unspecified atom stereocenters. The molecule has 3 rings (SSSR count). The molecule has 0 aromatic heterocycles. The molecule has 2 fully saturated rings. The molecule has 1 aromatic rings. The van der Waals surface area contributed by atoms with E-state index in [1.54, 1.807) is 8.61 Å². The van der Waals surface area contributed by atoms with E-state index in [-0.39, 0.29) is 18.4 Å². The fourth-order valence-corrected chi connectivity index (χ4v) is 5.39. The highest BCUT2D eigenvalue weighted by molar-refractivity contribution is 7.86. The number of hydrogen-bond acceptors (Lipinski definition) is 3. The summed E-state index contributed by atoms with van der Waals surface area (Å²) >= 11 is 6.29. The molecule has 0 spiro atoms. The number of nitrogens with one attached hydrogen (secondary N) is 1. The second-order valence-electron chi connectivity index (χ2n) is 6.11. The van der Waals surface area contributed by atoms with Crippen molar-refractivity contribution >= 4 is 34.2 Å². The average molecular weight is 380 g/mol. The normalized spacial score (nSPS) is 26.9. The first kappa shape index (κ1) is 19.0. The third-order valence-corrected chi connectivity index (χ3v) is 6.83. The van der Waals surface area contributed by atoms with Crippen molar-refractivity contribution in [1.29, 1.82) is 0 Å². The molecular formula is C15H23Cl2N3O2S. The molecule has 2 saturated heterocycles. The molecule has 0 bridgehead atoms. The number of halogens is 2. The molecule has 2 aliphatic rings. The van der Waals surface area contributed by atoms with Gasteiger partial charge in [0.1, 0.15) is 0 Å². The van der Waals surface area contributed by atoms with Crippen molar-refractivity contribution in [1.82, 2.24) is 13.9 Å². The molecule has 5 nitrogen and oxygen atoms in total. The van der Waals surface area contributed by atoms with E-state index in [4.69, 9.17) is 11.6 Å². The third kappa shape index (κ3) is 3.83. The molecule has 130 valence electrons. The van der Waals surface area contributed by atoms with Gasteiger partial charge in [0.15, 0.2) is 0 Å². The number of hydrogen-bond donors (Lipinski definition) is 1. The summed E-state index contributed by atoms with van der Waals surface area (Å²) in [4.78, 5) is 0. The van der Waals surface area contributed by atoms with Crippen LogP contribution in [0.25, 0.3) is 0 Å². The van der Waals surface area contributed by atoms with Crippen molar-refractivity contribution in [3.8, 4) is 0 Å². The Bertz CT molecular complexity index is 641. The van der Waals surface area contributed by atoms with Crippen molar-refractivity contribution in [2.24, 2.45) is 5.92 Å². The Labute approximate surface area is 149 Å². The van der Waals surface area contributed by atoms with E-state index < -0.39 is 10.2 Å². The summed E-state index contributed by atoms with van der Waals surface area (Å²) in [6.45, 7) is 5.06. The minimum absolute atomic E-state index is 0. The van der Waals surface area contributed by atoms with Gasteiger partial charge < -0.3 is 5.32 Å². The van der Waals surface area contributed by atoms with Crippen molar-refractivity contribution in [3.05, 3.63) is 34.9 Å². The Balaban J connectivity index is 0.00000192. The predicted octanol–water partition coefficient (Wildman–Crippen LogP) is 2.29. The fourth-order valence-electron chi connectivity index (χ4n) is 3.22. The van der Waals surface area contributed by atoms with E-state index in [2.05, 4.69) is 12.2 Å². The van der Waals surface area contributed by atoms with Crippen LogP contribution in [0.2, 0.25) is 5.02 Å². The van der Waals surface area contributed by atoms with Gasteiger partial charge >= 0.3 is 0 Å². The Kier molecular flexibility index (Phi) is 6.33. The largest absolute Gasteiger partial charge is 0.313 e. The SMILES string of the molecule is CC1CCN(S(=O)(=O)N2CCNCC2c2ccccc2Cl)C1.Cl. The molecule has 0 aliphatic carbocycles. The van der Waals surface area contributed by atoms with Crippen molar-refractivity contribution in [2.45, 2.75) is 19.4 Å². The van der Waals surface area contributed by atoms with E-state index in [0.717, 1.165) is 12.0 Å². The number of piperazine rings is 1. The van der Waals surface area contributed by atoms with Crippen molar-refractivity contribution < 1.29 is 8.42 Å². The molecule has 0 saturated carbocycles. The molecule has 1 aromatic carbocycles. The maximum Gasteiger partial charge on any atom is 0.282 e. The summed E-state index contributed by atoms with van der Waals surface area (Å²) in [5, 5.41) is 3.90. The maximum absolute atomic E-state index is 13.0. The van der Waals surface area contributed by atoms with Crippen LogP contribution in [0.5, 0.6) is 0 Å². The van der Waals surface area contributed by atoms with Crippen LogP contribution in [0.3, 0.4) is 0 Å². The van der Waals surface area contributed by atoms with Gasteiger partial charge in [-0.05, 0) is 24.0 Å². The van der Waals surface area contributed by atoms with Crippen molar-refractivity contribution in [2.75, 3.05) is 32.7 Å². The smallest absolute Gasteiger partial charge is 0.282 e. The van der Waals surface area contributed by atoms with E-state index in [9.17, 15) is 8.42 Å². The lowest BCUT2D eigenvalue weighted by Gasteiger charge is -2.38. The predicted molar refractivity (Wildman–Crippen MR) is 95.3 cm³/mol. The van der Waals surface area contributed by atoms with Gasteiger partial charge in [-0.25, -0.2) is 0 Å². The van der Waals surface area contributed by atoms with Crippen molar-refractivity contribution in [3.63, 3.8) is 0 Å². The van der Waals surface area contributed by atoms with E-state index >= 15 is 0 Å². The summed E-state index contributed by atoms with van der Waals surface area (Å²) in [7, 11) is -3.44. The topological polar surface area (TPSA) is 52.7 Å². The molecule has 1 N–H and O–H groups in total. The lowest BCUT2D eigenvalue weighted by Crippen LogP contribution is -2.53. The minimum Gasteiger partial charge on any atom is -0.313 e. The van der Waals surface area contributed by atoms with Gasteiger partial charge in [0, 0.05) is 37.7 Å². The molecule has 0 amide bonds. The molecule has 2 heterocycles. The van der Waals surface area contributed by atoms with E-state index in [0.29, 0.717) is 43.7 Å². The second kappa shape index (κ2) is 7.68. The van der Waals surface area contributed by atoms with Crippen LogP contribution in [0.1, 0.15) is 24.9 Å². The summed E-state index contributed by atoms with van der Waals surface area (Å²) in [5.41, 5.74) is 0.868. The zero-order chi connectivity index (χ0) is 15.7. The van der Waals surface area contributed by atoms with E-state index in [1.807, 2.05) is 24.3 Å². The first-order valence-corrected chi connectivity index (χ1v) is 9.49. The van der Waals surface area contributed by atoms with Crippen LogP contribution < -0.4 is 5.32 Å². The number of benzene rings is 1. The van der Waals surface area contributed by atoms with Gasteiger partial charge in [-0.1, -0.05) is 36.7 Å². The van der Waals surface area contributed by atoms with Gasteiger partial charge in [0.05, 0.1) is 6.04 Å². The monoisotopic (exact) mass is 379 g/mol. The van der Waals surface area contributed by atoms with Gasteiger partial charge in [-0.3, -0.25) is 0 Å².